The number of sulfonamides is 1. The molecule has 1 aliphatic heterocycles. The Kier molecular flexibility index (Phi) is 7.57. The van der Waals surface area contributed by atoms with Crippen molar-refractivity contribution in [3.05, 3.63) is 59.2 Å². The fourth-order valence-corrected chi connectivity index (χ4v) is 5.51. The molecule has 1 fully saturated rings. The van der Waals surface area contributed by atoms with Gasteiger partial charge >= 0.3 is 0 Å². The molecule has 30 heavy (non-hydrogen) atoms. The number of benzene rings is 2. The average Bonchev–Trinajstić information content (AvgIpc) is 2.70. The van der Waals surface area contributed by atoms with Crippen LogP contribution in [0, 0.1) is 6.92 Å². The van der Waals surface area contributed by atoms with Crippen LogP contribution in [0.1, 0.15) is 35.3 Å². The van der Waals surface area contributed by atoms with Crippen molar-refractivity contribution in [1.29, 1.82) is 0 Å². The highest BCUT2D eigenvalue weighted by Gasteiger charge is 2.17. The Bertz CT molecular complexity index is 983. The Balaban J connectivity index is 1.70. The molecular weight excluding hydrogens is 418 g/mol. The van der Waals surface area contributed by atoms with Gasteiger partial charge in [0.15, 0.2) is 0 Å². The van der Waals surface area contributed by atoms with Gasteiger partial charge in [0.05, 0.1) is 4.90 Å². The molecule has 2 aromatic rings. The van der Waals surface area contributed by atoms with E-state index in [0.717, 1.165) is 42.4 Å². The molecule has 6 nitrogen and oxygen atoms in total. The van der Waals surface area contributed by atoms with Crippen LogP contribution in [0.4, 0.5) is 5.69 Å². The lowest BCUT2D eigenvalue weighted by molar-refractivity contribution is 0.102. The number of carbonyl (C=O) groups excluding carboxylic acids is 1. The van der Waals surface area contributed by atoms with Crippen molar-refractivity contribution in [2.45, 2.75) is 38.3 Å². The van der Waals surface area contributed by atoms with Crippen molar-refractivity contribution < 1.29 is 13.2 Å². The second kappa shape index (κ2) is 9.96. The molecule has 0 radical (unpaired) electrons. The number of hydrogen-bond acceptors (Lipinski definition) is 5. The first-order chi connectivity index (χ1) is 14.2. The number of carbonyl (C=O) groups is 1. The number of rotatable bonds is 7. The van der Waals surface area contributed by atoms with Crippen LogP contribution < -0.4 is 10.0 Å². The molecule has 0 saturated carbocycles. The third kappa shape index (κ3) is 6.07. The highest BCUT2D eigenvalue weighted by molar-refractivity contribution is 7.99. The lowest BCUT2D eigenvalue weighted by Gasteiger charge is -2.26. The van der Waals surface area contributed by atoms with Gasteiger partial charge in [0, 0.05) is 48.4 Å². The SMILES string of the molecule is Cc1ccc(CN2CCSCC2)cc1NC(=O)c1ccc(S(=O)(=O)NC(C)C)cc1. The molecule has 1 amide bonds. The topological polar surface area (TPSA) is 78.5 Å². The minimum absolute atomic E-state index is 0.144. The van der Waals surface area contributed by atoms with Gasteiger partial charge < -0.3 is 5.32 Å². The molecule has 1 heterocycles. The average molecular weight is 448 g/mol. The summed E-state index contributed by atoms with van der Waals surface area (Å²) >= 11 is 1.99. The number of anilines is 1. The zero-order chi connectivity index (χ0) is 21.7. The predicted molar refractivity (Wildman–Crippen MR) is 124 cm³/mol. The van der Waals surface area contributed by atoms with Gasteiger partial charge in [0.25, 0.3) is 5.91 Å². The van der Waals surface area contributed by atoms with Gasteiger partial charge in [-0.2, -0.15) is 11.8 Å². The minimum atomic E-state index is -3.58. The standard InChI is InChI=1S/C22H29N3O3S2/c1-16(2)24-30(27,28)20-8-6-19(7-9-20)22(26)23-21-14-18(5-4-17(21)3)15-25-10-12-29-13-11-25/h4-9,14,16,24H,10-13,15H2,1-3H3,(H,23,26). The summed E-state index contributed by atoms with van der Waals surface area (Å²) in [5.41, 5.74) is 3.35. The summed E-state index contributed by atoms with van der Waals surface area (Å²) in [6, 6.07) is 11.9. The molecule has 0 aliphatic carbocycles. The van der Waals surface area contributed by atoms with Crippen LogP contribution >= 0.6 is 11.8 Å². The molecule has 2 aromatic carbocycles. The van der Waals surface area contributed by atoms with Crippen molar-refractivity contribution in [2.75, 3.05) is 29.9 Å². The van der Waals surface area contributed by atoms with E-state index in [9.17, 15) is 13.2 Å². The second-order valence-electron chi connectivity index (χ2n) is 7.79. The van der Waals surface area contributed by atoms with Crippen molar-refractivity contribution in [3.63, 3.8) is 0 Å². The van der Waals surface area contributed by atoms with E-state index in [1.165, 1.54) is 29.8 Å². The van der Waals surface area contributed by atoms with Gasteiger partial charge in [0.2, 0.25) is 10.0 Å². The molecule has 1 saturated heterocycles. The Morgan fingerprint density at radius 3 is 2.40 bits per heavy atom. The van der Waals surface area contributed by atoms with E-state index in [0.29, 0.717) is 5.56 Å². The van der Waals surface area contributed by atoms with Crippen molar-refractivity contribution in [3.8, 4) is 0 Å². The summed E-state index contributed by atoms with van der Waals surface area (Å²) in [4.78, 5) is 15.3. The first-order valence-electron chi connectivity index (χ1n) is 10.1. The second-order valence-corrected chi connectivity index (χ2v) is 10.7. The van der Waals surface area contributed by atoms with E-state index < -0.39 is 10.0 Å². The maximum Gasteiger partial charge on any atom is 0.255 e. The molecular formula is C22H29N3O3S2. The smallest absolute Gasteiger partial charge is 0.255 e. The van der Waals surface area contributed by atoms with Crippen LogP contribution in [0.5, 0.6) is 0 Å². The van der Waals surface area contributed by atoms with E-state index in [1.54, 1.807) is 13.8 Å². The molecule has 162 valence electrons. The normalized spacial score (nSPS) is 15.3. The van der Waals surface area contributed by atoms with Gasteiger partial charge in [-0.05, 0) is 62.2 Å². The highest BCUT2D eigenvalue weighted by Crippen LogP contribution is 2.21. The van der Waals surface area contributed by atoms with Crippen molar-refractivity contribution in [2.24, 2.45) is 0 Å². The van der Waals surface area contributed by atoms with E-state index in [-0.39, 0.29) is 16.8 Å². The summed E-state index contributed by atoms with van der Waals surface area (Å²) in [5.74, 6) is 2.06. The number of nitrogens with zero attached hydrogens (tertiary/aromatic N) is 1. The largest absolute Gasteiger partial charge is 0.322 e. The first-order valence-corrected chi connectivity index (χ1v) is 12.7. The molecule has 0 atom stereocenters. The third-order valence-electron chi connectivity index (χ3n) is 4.88. The molecule has 8 heteroatoms. The fourth-order valence-electron chi connectivity index (χ4n) is 3.28. The van der Waals surface area contributed by atoms with Crippen molar-refractivity contribution in [1.82, 2.24) is 9.62 Å². The summed E-state index contributed by atoms with van der Waals surface area (Å²) in [6.45, 7) is 8.53. The maximum atomic E-state index is 12.7. The number of hydrogen-bond donors (Lipinski definition) is 2. The van der Waals surface area contributed by atoms with E-state index in [2.05, 4.69) is 21.0 Å². The van der Waals surface area contributed by atoms with Crippen molar-refractivity contribution >= 4 is 33.4 Å². The Labute approximate surface area is 183 Å². The van der Waals surface area contributed by atoms with Gasteiger partial charge in [-0.3, -0.25) is 9.69 Å². The summed E-state index contributed by atoms with van der Waals surface area (Å²) in [5, 5.41) is 2.97. The minimum Gasteiger partial charge on any atom is -0.322 e. The number of amides is 1. The molecule has 0 bridgehead atoms. The third-order valence-corrected chi connectivity index (χ3v) is 7.49. The lowest BCUT2D eigenvalue weighted by Crippen LogP contribution is -2.32. The van der Waals surface area contributed by atoms with E-state index >= 15 is 0 Å². The summed E-state index contributed by atoms with van der Waals surface area (Å²) < 4.78 is 27.0. The highest BCUT2D eigenvalue weighted by atomic mass is 32.2. The maximum absolute atomic E-state index is 12.7. The van der Waals surface area contributed by atoms with E-state index in [1.807, 2.05) is 30.8 Å². The van der Waals surface area contributed by atoms with E-state index in [4.69, 9.17) is 0 Å². The number of thioether (sulfide) groups is 1. The van der Waals surface area contributed by atoms with Crippen LogP contribution in [-0.4, -0.2) is 49.9 Å². The van der Waals surface area contributed by atoms with Gasteiger partial charge in [-0.15, -0.1) is 0 Å². The van der Waals surface area contributed by atoms with Crippen LogP contribution in [0.3, 0.4) is 0 Å². The van der Waals surface area contributed by atoms with Gasteiger partial charge in [-0.25, -0.2) is 13.1 Å². The van der Waals surface area contributed by atoms with Gasteiger partial charge in [-0.1, -0.05) is 12.1 Å². The van der Waals surface area contributed by atoms with Crippen LogP contribution in [-0.2, 0) is 16.6 Å². The summed E-state index contributed by atoms with van der Waals surface area (Å²) in [7, 11) is -3.58. The molecule has 1 aliphatic rings. The molecule has 0 aromatic heterocycles. The Morgan fingerprint density at radius 2 is 1.77 bits per heavy atom. The van der Waals surface area contributed by atoms with Crippen LogP contribution in [0.2, 0.25) is 0 Å². The molecule has 0 unspecified atom stereocenters. The lowest BCUT2D eigenvalue weighted by atomic mass is 10.1. The number of nitrogens with one attached hydrogen (secondary N) is 2. The molecule has 0 spiro atoms. The molecule has 2 N–H and O–H groups in total. The quantitative estimate of drug-likeness (QED) is 0.679. The zero-order valence-electron chi connectivity index (χ0n) is 17.6. The van der Waals surface area contributed by atoms with Crippen LogP contribution in [0.25, 0.3) is 0 Å². The Morgan fingerprint density at radius 1 is 1.10 bits per heavy atom. The van der Waals surface area contributed by atoms with Gasteiger partial charge in [0.1, 0.15) is 0 Å². The number of aryl methyl sites for hydroxylation is 1. The van der Waals surface area contributed by atoms with Crippen LogP contribution in [0.15, 0.2) is 47.4 Å². The molecule has 3 rings (SSSR count). The summed E-state index contributed by atoms with van der Waals surface area (Å²) in [6.07, 6.45) is 0. The fraction of sp³-hybridized carbons (Fsp3) is 0.409. The Hall–Kier alpha value is -1.87. The monoisotopic (exact) mass is 447 g/mol. The first kappa shape index (κ1) is 22.8. The zero-order valence-corrected chi connectivity index (χ0v) is 19.3. The predicted octanol–water partition coefficient (Wildman–Crippen LogP) is 3.48.